The summed E-state index contributed by atoms with van der Waals surface area (Å²) in [6, 6.07) is 1.03. The van der Waals surface area contributed by atoms with Gasteiger partial charge in [-0.05, 0) is 0 Å². The molecule has 14 heavy (non-hydrogen) atoms. The largest absolute Gasteiger partial charge is 0.506 e. The van der Waals surface area contributed by atoms with Crippen molar-refractivity contribution < 1.29 is 13.5 Å². The molecule has 0 saturated carbocycles. The van der Waals surface area contributed by atoms with Crippen LogP contribution < -0.4 is 0 Å². The molecular weight excluding hydrogens is 270 g/mol. The summed E-state index contributed by atoms with van der Waals surface area (Å²) in [7, 11) is -3.63. The third-order valence-corrected chi connectivity index (χ3v) is 4.00. The van der Waals surface area contributed by atoms with Crippen LogP contribution >= 0.6 is 34.8 Å². The zero-order valence-corrected chi connectivity index (χ0v) is 9.97. The molecule has 78 valence electrons. The highest BCUT2D eigenvalue weighted by Crippen LogP contribution is 2.40. The molecule has 1 rings (SSSR count). The molecule has 0 aromatic heterocycles. The summed E-state index contributed by atoms with van der Waals surface area (Å²) in [5.41, 5.74) is 0. The van der Waals surface area contributed by atoms with E-state index < -0.39 is 20.5 Å². The SMILES string of the molecule is CS(=O)(=O)c1c(O)cc(Cl)c(Cl)c1Cl. The zero-order chi connectivity index (χ0) is 11.1. The van der Waals surface area contributed by atoms with Gasteiger partial charge in [0.05, 0.1) is 15.1 Å². The summed E-state index contributed by atoms with van der Waals surface area (Å²) >= 11 is 16.8. The number of hydrogen-bond acceptors (Lipinski definition) is 3. The molecule has 0 fully saturated rings. The van der Waals surface area contributed by atoms with Crippen molar-refractivity contribution >= 4 is 44.6 Å². The van der Waals surface area contributed by atoms with Crippen LogP contribution in [0.4, 0.5) is 0 Å². The highest BCUT2D eigenvalue weighted by molar-refractivity contribution is 7.91. The van der Waals surface area contributed by atoms with Crippen LogP contribution in [0.15, 0.2) is 11.0 Å². The summed E-state index contributed by atoms with van der Waals surface area (Å²) in [5.74, 6) is -0.507. The van der Waals surface area contributed by atoms with Gasteiger partial charge in [-0.15, -0.1) is 0 Å². The Hall–Kier alpha value is -0.160. The smallest absolute Gasteiger partial charge is 0.180 e. The Bertz CT molecular complexity index is 481. The Labute approximate surface area is 96.1 Å². The molecular formula is C7H5Cl3O3S. The van der Waals surface area contributed by atoms with Gasteiger partial charge in [-0.1, -0.05) is 34.8 Å². The topological polar surface area (TPSA) is 54.4 Å². The molecule has 1 aromatic rings. The fourth-order valence-electron chi connectivity index (χ4n) is 0.919. The maximum atomic E-state index is 11.2. The Kier molecular flexibility index (Phi) is 3.21. The van der Waals surface area contributed by atoms with Crippen molar-refractivity contribution in [3.8, 4) is 5.75 Å². The van der Waals surface area contributed by atoms with Crippen molar-refractivity contribution in [1.82, 2.24) is 0 Å². The maximum absolute atomic E-state index is 11.2. The van der Waals surface area contributed by atoms with E-state index in [9.17, 15) is 13.5 Å². The highest BCUT2D eigenvalue weighted by atomic mass is 35.5. The van der Waals surface area contributed by atoms with E-state index in [0.717, 1.165) is 12.3 Å². The van der Waals surface area contributed by atoms with Crippen molar-refractivity contribution in [2.75, 3.05) is 6.26 Å². The summed E-state index contributed by atoms with van der Waals surface area (Å²) < 4.78 is 22.4. The van der Waals surface area contributed by atoms with Crippen LogP contribution in [0.3, 0.4) is 0 Å². The minimum absolute atomic E-state index is 0.00145. The van der Waals surface area contributed by atoms with Crippen LogP contribution in [-0.4, -0.2) is 19.8 Å². The Morgan fingerprint density at radius 2 is 1.71 bits per heavy atom. The zero-order valence-electron chi connectivity index (χ0n) is 6.88. The van der Waals surface area contributed by atoms with E-state index in [1.165, 1.54) is 0 Å². The fourth-order valence-corrected chi connectivity index (χ4v) is 2.86. The first-order chi connectivity index (χ1) is 6.25. The van der Waals surface area contributed by atoms with Gasteiger partial charge in [-0.3, -0.25) is 0 Å². The summed E-state index contributed by atoms with van der Waals surface area (Å²) in [4.78, 5) is -0.409. The molecule has 0 bridgehead atoms. The van der Waals surface area contributed by atoms with Gasteiger partial charge in [-0.25, -0.2) is 8.42 Å². The van der Waals surface area contributed by atoms with Gasteiger partial charge >= 0.3 is 0 Å². The highest BCUT2D eigenvalue weighted by Gasteiger charge is 2.21. The lowest BCUT2D eigenvalue weighted by Crippen LogP contribution is -1.99. The number of hydrogen-bond donors (Lipinski definition) is 1. The van der Waals surface area contributed by atoms with Crippen LogP contribution in [0.25, 0.3) is 0 Å². The lowest BCUT2D eigenvalue weighted by Gasteiger charge is -2.07. The normalized spacial score (nSPS) is 11.7. The Morgan fingerprint density at radius 1 is 1.21 bits per heavy atom. The lowest BCUT2D eigenvalue weighted by molar-refractivity contribution is 0.459. The minimum atomic E-state index is -3.63. The van der Waals surface area contributed by atoms with Crippen molar-refractivity contribution in [3.05, 3.63) is 21.1 Å². The first kappa shape index (κ1) is 11.9. The fraction of sp³-hybridized carbons (Fsp3) is 0.143. The predicted octanol–water partition coefficient (Wildman–Crippen LogP) is 2.76. The average molecular weight is 276 g/mol. The van der Waals surface area contributed by atoms with Gasteiger partial charge in [-0.2, -0.15) is 0 Å². The van der Waals surface area contributed by atoms with Gasteiger partial charge in [0.15, 0.2) is 9.84 Å². The molecule has 0 amide bonds. The van der Waals surface area contributed by atoms with E-state index in [1.54, 1.807) is 0 Å². The number of aromatic hydroxyl groups is 1. The van der Waals surface area contributed by atoms with Crippen molar-refractivity contribution in [2.24, 2.45) is 0 Å². The first-order valence-electron chi connectivity index (χ1n) is 3.31. The van der Waals surface area contributed by atoms with E-state index >= 15 is 0 Å². The van der Waals surface area contributed by atoms with Gasteiger partial charge in [0.25, 0.3) is 0 Å². The van der Waals surface area contributed by atoms with E-state index in [2.05, 4.69) is 0 Å². The predicted molar refractivity (Wildman–Crippen MR) is 56.2 cm³/mol. The van der Waals surface area contributed by atoms with Gasteiger partial charge in [0, 0.05) is 12.3 Å². The molecule has 1 aromatic carbocycles. The summed E-state index contributed by atoms with van der Waals surface area (Å²) in [6.45, 7) is 0. The molecule has 7 heteroatoms. The van der Waals surface area contributed by atoms with E-state index in [0.29, 0.717) is 0 Å². The first-order valence-corrected chi connectivity index (χ1v) is 6.34. The molecule has 3 nitrogen and oxygen atoms in total. The molecule has 0 spiro atoms. The molecule has 0 radical (unpaired) electrons. The molecule has 0 aliphatic heterocycles. The molecule has 0 saturated heterocycles. The van der Waals surface area contributed by atoms with Crippen molar-refractivity contribution in [2.45, 2.75) is 4.90 Å². The van der Waals surface area contributed by atoms with E-state index in [4.69, 9.17) is 34.8 Å². The number of sulfone groups is 1. The molecule has 0 heterocycles. The standard InChI is InChI=1S/C7H5Cl3O3S/c1-14(12,13)7-4(11)2-3(8)5(9)6(7)10/h2,11H,1H3. The molecule has 0 aliphatic carbocycles. The van der Waals surface area contributed by atoms with Crippen LogP contribution in [0.5, 0.6) is 5.75 Å². The monoisotopic (exact) mass is 274 g/mol. The number of halogens is 3. The average Bonchev–Trinajstić information content (AvgIpc) is 1.97. The Morgan fingerprint density at radius 3 is 2.14 bits per heavy atom. The van der Waals surface area contributed by atoms with Gasteiger partial charge in [0.1, 0.15) is 10.6 Å². The number of benzene rings is 1. The third kappa shape index (κ3) is 2.08. The van der Waals surface area contributed by atoms with Crippen LogP contribution in [0.1, 0.15) is 0 Å². The second-order valence-corrected chi connectivity index (χ2v) is 5.72. The van der Waals surface area contributed by atoms with Crippen molar-refractivity contribution in [1.29, 1.82) is 0 Å². The minimum Gasteiger partial charge on any atom is -0.506 e. The maximum Gasteiger partial charge on any atom is 0.180 e. The molecule has 0 aliphatic rings. The lowest BCUT2D eigenvalue weighted by atomic mass is 10.3. The summed E-state index contributed by atoms with van der Waals surface area (Å²) in [6.07, 6.45) is 0.915. The van der Waals surface area contributed by atoms with Crippen LogP contribution in [-0.2, 0) is 9.84 Å². The second-order valence-electron chi connectivity index (χ2n) is 2.61. The van der Waals surface area contributed by atoms with Gasteiger partial charge < -0.3 is 5.11 Å². The van der Waals surface area contributed by atoms with Crippen LogP contribution in [0.2, 0.25) is 15.1 Å². The number of phenols is 1. The quantitative estimate of drug-likeness (QED) is 0.802. The number of rotatable bonds is 1. The Balaban J connectivity index is 3.70. The van der Waals surface area contributed by atoms with Crippen LogP contribution in [0, 0.1) is 0 Å². The second kappa shape index (κ2) is 3.77. The number of phenolic OH excluding ortho intramolecular Hbond substituents is 1. The van der Waals surface area contributed by atoms with Crippen molar-refractivity contribution in [3.63, 3.8) is 0 Å². The third-order valence-electron chi connectivity index (χ3n) is 1.47. The van der Waals surface area contributed by atoms with E-state index in [-0.39, 0.29) is 15.1 Å². The van der Waals surface area contributed by atoms with Gasteiger partial charge in [0.2, 0.25) is 0 Å². The molecule has 1 N–H and O–H groups in total. The summed E-state index contributed by atoms with van der Waals surface area (Å²) in [5, 5.41) is 8.97. The molecule has 0 atom stereocenters. The van der Waals surface area contributed by atoms with E-state index in [1.807, 2.05) is 0 Å². The molecule has 0 unspecified atom stereocenters.